The molecule has 6 nitrogen and oxygen atoms in total. The van der Waals surface area contributed by atoms with E-state index in [-0.39, 0.29) is 18.4 Å². The molecule has 0 aliphatic carbocycles. The van der Waals surface area contributed by atoms with Gasteiger partial charge in [-0.15, -0.1) is 0 Å². The van der Waals surface area contributed by atoms with Crippen LogP contribution >= 0.6 is 11.6 Å². The average Bonchev–Trinajstić information content (AvgIpc) is 2.65. The van der Waals surface area contributed by atoms with Crippen LogP contribution in [0, 0.1) is 5.92 Å². The van der Waals surface area contributed by atoms with Gasteiger partial charge in [0.25, 0.3) is 5.91 Å². The first-order valence-electron chi connectivity index (χ1n) is 6.49. The van der Waals surface area contributed by atoms with Gasteiger partial charge in [-0.05, 0) is 31.5 Å². The molecule has 1 aromatic carbocycles. The van der Waals surface area contributed by atoms with Crippen molar-refractivity contribution in [3.8, 4) is 0 Å². The van der Waals surface area contributed by atoms with Crippen molar-refractivity contribution in [3.05, 3.63) is 29.3 Å². The lowest BCUT2D eigenvalue weighted by Gasteiger charge is -2.11. The van der Waals surface area contributed by atoms with E-state index in [0.717, 1.165) is 5.71 Å². The van der Waals surface area contributed by atoms with Gasteiger partial charge in [-0.1, -0.05) is 17.7 Å². The number of nitrogens with one attached hydrogen (secondary N) is 1. The maximum atomic E-state index is 11.8. The number of ether oxygens (including phenoxy) is 1. The molecule has 0 spiro atoms. The monoisotopic (exact) mass is 309 g/mol. The fourth-order valence-corrected chi connectivity index (χ4v) is 2.27. The van der Waals surface area contributed by atoms with Crippen LogP contribution in [0.3, 0.4) is 0 Å². The lowest BCUT2D eigenvalue weighted by Crippen LogP contribution is -2.26. The predicted octanol–water partition coefficient (Wildman–Crippen LogP) is 2.74. The van der Waals surface area contributed by atoms with E-state index in [4.69, 9.17) is 16.3 Å². The number of carbonyl (C=O) groups is 2. The molecule has 0 bridgehead atoms. The second-order valence-corrected chi connectivity index (χ2v) is 5.15. The van der Waals surface area contributed by atoms with Gasteiger partial charge in [-0.3, -0.25) is 10.1 Å². The minimum atomic E-state index is -0.578. The minimum Gasteiger partial charge on any atom is -0.449 e. The van der Waals surface area contributed by atoms with E-state index in [0.29, 0.717) is 17.1 Å². The Balaban J connectivity index is 1.77. The normalized spacial score (nSPS) is 17.7. The molecular formula is C14H16ClN3O3. The van der Waals surface area contributed by atoms with Crippen LogP contribution in [0.4, 0.5) is 10.5 Å². The summed E-state index contributed by atoms with van der Waals surface area (Å²) in [6, 6.07) is 6.77. The SMILES string of the molecule is CC1=NN(C)C(=O)C1CCOC(=O)Nc1cccc(Cl)c1. The number of halogens is 1. The van der Waals surface area contributed by atoms with Gasteiger partial charge in [0.2, 0.25) is 0 Å². The number of hydrogen-bond acceptors (Lipinski definition) is 4. The summed E-state index contributed by atoms with van der Waals surface area (Å²) in [4.78, 5) is 23.4. The number of amides is 2. The van der Waals surface area contributed by atoms with Crippen molar-refractivity contribution in [2.45, 2.75) is 13.3 Å². The molecule has 2 rings (SSSR count). The van der Waals surface area contributed by atoms with Crippen LogP contribution in [0.25, 0.3) is 0 Å². The number of rotatable bonds is 4. The van der Waals surface area contributed by atoms with Crippen molar-refractivity contribution < 1.29 is 14.3 Å². The number of nitrogens with zero attached hydrogens (tertiary/aromatic N) is 2. The Bertz CT molecular complexity index is 589. The van der Waals surface area contributed by atoms with Crippen LogP contribution < -0.4 is 5.32 Å². The Kier molecular flexibility index (Phi) is 4.80. The van der Waals surface area contributed by atoms with Crippen LogP contribution in [-0.2, 0) is 9.53 Å². The van der Waals surface area contributed by atoms with E-state index < -0.39 is 6.09 Å². The summed E-state index contributed by atoms with van der Waals surface area (Å²) in [7, 11) is 1.61. The van der Waals surface area contributed by atoms with Crippen molar-refractivity contribution in [1.82, 2.24) is 5.01 Å². The second kappa shape index (κ2) is 6.58. The zero-order valence-electron chi connectivity index (χ0n) is 11.8. The molecule has 1 aliphatic heterocycles. The van der Waals surface area contributed by atoms with Gasteiger partial charge in [-0.2, -0.15) is 5.10 Å². The molecule has 1 aliphatic rings. The number of hydrazone groups is 1. The van der Waals surface area contributed by atoms with Gasteiger partial charge in [0, 0.05) is 23.5 Å². The molecule has 2 amide bonds. The van der Waals surface area contributed by atoms with Crippen LogP contribution in [0.15, 0.2) is 29.4 Å². The van der Waals surface area contributed by atoms with Gasteiger partial charge in [0.1, 0.15) is 0 Å². The fourth-order valence-electron chi connectivity index (χ4n) is 2.08. The standard InChI is InChI=1S/C14H16ClN3O3/c1-9-12(13(19)18(2)17-9)6-7-21-14(20)16-11-5-3-4-10(15)8-11/h3-5,8,12H,6-7H2,1-2H3,(H,16,20). The first-order valence-corrected chi connectivity index (χ1v) is 6.87. The molecule has 112 valence electrons. The van der Waals surface area contributed by atoms with E-state index >= 15 is 0 Å². The van der Waals surface area contributed by atoms with Gasteiger partial charge < -0.3 is 4.74 Å². The summed E-state index contributed by atoms with van der Waals surface area (Å²) < 4.78 is 5.06. The smallest absolute Gasteiger partial charge is 0.411 e. The van der Waals surface area contributed by atoms with Gasteiger partial charge in [0.05, 0.1) is 12.5 Å². The topological polar surface area (TPSA) is 71.0 Å². The summed E-state index contributed by atoms with van der Waals surface area (Å²) >= 11 is 5.82. The number of carbonyl (C=O) groups excluding carboxylic acids is 2. The van der Waals surface area contributed by atoms with Gasteiger partial charge >= 0.3 is 6.09 Å². The third kappa shape index (κ3) is 3.95. The van der Waals surface area contributed by atoms with Crippen LogP contribution in [0.2, 0.25) is 5.02 Å². The quantitative estimate of drug-likeness (QED) is 0.929. The predicted molar refractivity (Wildman–Crippen MR) is 80.4 cm³/mol. The van der Waals surface area contributed by atoms with E-state index in [1.165, 1.54) is 5.01 Å². The molecule has 0 fully saturated rings. The van der Waals surface area contributed by atoms with E-state index in [1.54, 1.807) is 38.2 Å². The third-order valence-corrected chi connectivity index (χ3v) is 3.37. The first kappa shape index (κ1) is 15.3. The summed E-state index contributed by atoms with van der Waals surface area (Å²) in [6.45, 7) is 1.93. The highest BCUT2D eigenvalue weighted by Gasteiger charge is 2.30. The highest BCUT2D eigenvalue weighted by molar-refractivity contribution is 6.30. The third-order valence-electron chi connectivity index (χ3n) is 3.14. The number of benzene rings is 1. The van der Waals surface area contributed by atoms with Gasteiger partial charge in [0.15, 0.2) is 0 Å². The molecule has 0 saturated carbocycles. The van der Waals surface area contributed by atoms with Crippen LogP contribution in [0.5, 0.6) is 0 Å². The summed E-state index contributed by atoms with van der Waals surface area (Å²) in [5.41, 5.74) is 1.29. The van der Waals surface area contributed by atoms with Crippen LogP contribution in [0.1, 0.15) is 13.3 Å². The largest absolute Gasteiger partial charge is 0.449 e. The zero-order valence-corrected chi connectivity index (χ0v) is 12.6. The van der Waals surface area contributed by atoms with Crippen molar-refractivity contribution in [2.24, 2.45) is 11.0 Å². The second-order valence-electron chi connectivity index (χ2n) is 4.72. The van der Waals surface area contributed by atoms with Crippen molar-refractivity contribution >= 4 is 35.0 Å². The molecule has 1 unspecified atom stereocenters. The first-order chi connectivity index (χ1) is 9.97. The summed E-state index contributed by atoms with van der Waals surface area (Å²) in [5.74, 6) is -0.389. The van der Waals surface area contributed by atoms with E-state index in [1.807, 2.05) is 0 Å². The molecule has 1 heterocycles. The highest BCUT2D eigenvalue weighted by Crippen LogP contribution is 2.18. The summed E-state index contributed by atoms with van der Waals surface area (Å²) in [6.07, 6.45) is -0.160. The van der Waals surface area contributed by atoms with Crippen molar-refractivity contribution in [1.29, 1.82) is 0 Å². The van der Waals surface area contributed by atoms with Crippen LogP contribution in [-0.4, -0.2) is 36.4 Å². The molecule has 21 heavy (non-hydrogen) atoms. The molecule has 1 aromatic rings. The molecular weight excluding hydrogens is 294 g/mol. The Labute approximate surface area is 127 Å². The number of anilines is 1. The van der Waals surface area contributed by atoms with Crippen molar-refractivity contribution in [2.75, 3.05) is 19.0 Å². The molecule has 0 radical (unpaired) electrons. The lowest BCUT2D eigenvalue weighted by molar-refractivity contribution is -0.130. The molecule has 0 saturated heterocycles. The minimum absolute atomic E-state index is 0.0775. The molecule has 0 aromatic heterocycles. The molecule has 1 atom stereocenters. The average molecular weight is 310 g/mol. The van der Waals surface area contributed by atoms with E-state index in [9.17, 15) is 9.59 Å². The van der Waals surface area contributed by atoms with E-state index in [2.05, 4.69) is 10.4 Å². The molecule has 1 N–H and O–H groups in total. The molecule has 7 heteroatoms. The Morgan fingerprint density at radius 1 is 1.52 bits per heavy atom. The number of hydrogen-bond donors (Lipinski definition) is 1. The summed E-state index contributed by atoms with van der Waals surface area (Å²) in [5, 5.41) is 8.46. The Morgan fingerprint density at radius 2 is 2.29 bits per heavy atom. The zero-order chi connectivity index (χ0) is 15.4. The Hall–Kier alpha value is -2.08. The highest BCUT2D eigenvalue weighted by atomic mass is 35.5. The van der Waals surface area contributed by atoms with Gasteiger partial charge in [-0.25, -0.2) is 9.80 Å². The maximum absolute atomic E-state index is 11.8. The lowest BCUT2D eigenvalue weighted by atomic mass is 10.0. The fraction of sp³-hybridized carbons (Fsp3) is 0.357. The maximum Gasteiger partial charge on any atom is 0.411 e. The van der Waals surface area contributed by atoms with Crippen molar-refractivity contribution in [3.63, 3.8) is 0 Å². The Morgan fingerprint density at radius 3 is 2.90 bits per heavy atom.